The molecule has 1 aliphatic heterocycles. The summed E-state index contributed by atoms with van der Waals surface area (Å²) in [7, 11) is 0. The molecule has 0 aromatic carbocycles. The van der Waals surface area contributed by atoms with Crippen LogP contribution in [-0.4, -0.2) is 52.7 Å². The van der Waals surface area contributed by atoms with Crippen molar-refractivity contribution in [3.05, 3.63) is 22.2 Å². The van der Waals surface area contributed by atoms with Crippen LogP contribution in [0.5, 0.6) is 0 Å². The normalized spacial score (nSPS) is 16.0. The summed E-state index contributed by atoms with van der Waals surface area (Å²) in [6.45, 7) is 9.54. The van der Waals surface area contributed by atoms with Gasteiger partial charge in [0.2, 0.25) is 0 Å². The van der Waals surface area contributed by atoms with Gasteiger partial charge in [0.25, 0.3) is 5.56 Å². The number of aromatic amines is 1. The van der Waals surface area contributed by atoms with E-state index < -0.39 is 5.60 Å². The van der Waals surface area contributed by atoms with Crippen molar-refractivity contribution >= 4 is 11.9 Å². The molecule has 2 heterocycles. The van der Waals surface area contributed by atoms with E-state index in [1.165, 1.54) is 0 Å². The van der Waals surface area contributed by atoms with E-state index >= 15 is 0 Å². The highest BCUT2D eigenvalue weighted by molar-refractivity contribution is 5.68. The van der Waals surface area contributed by atoms with E-state index in [9.17, 15) is 9.59 Å². The highest BCUT2D eigenvalue weighted by Crippen LogP contribution is 2.13. The Bertz CT molecular complexity index is 568. The van der Waals surface area contributed by atoms with Gasteiger partial charge in [0, 0.05) is 32.4 Å². The molecule has 7 heteroatoms. The molecule has 1 aromatic heterocycles. The van der Waals surface area contributed by atoms with Gasteiger partial charge in [0.05, 0.1) is 5.69 Å². The van der Waals surface area contributed by atoms with E-state index in [1.807, 2.05) is 32.6 Å². The lowest BCUT2D eigenvalue weighted by molar-refractivity contribution is 0.0240. The molecule has 0 atom stereocenters. The van der Waals surface area contributed by atoms with Crippen LogP contribution in [0.15, 0.2) is 11.0 Å². The quantitative estimate of drug-likeness (QED) is 0.840. The first-order valence-corrected chi connectivity index (χ1v) is 7.05. The summed E-state index contributed by atoms with van der Waals surface area (Å²) in [6.07, 6.45) is 1.27. The molecule has 0 bridgehead atoms. The van der Waals surface area contributed by atoms with Crippen LogP contribution >= 0.6 is 0 Å². The first kappa shape index (κ1) is 15.3. The van der Waals surface area contributed by atoms with Crippen molar-refractivity contribution in [2.45, 2.75) is 33.3 Å². The van der Waals surface area contributed by atoms with Crippen molar-refractivity contribution in [2.75, 3.05) is 31.1 Å². The molecule has 0 spiro atoms. The van der Waals surface area contributed by atoms with Gasteiger partial charge in [-0.25, -0.2) is 9.78 Å². The van der Waals surface area contributed by atoms with Crippen molar-refractivity contribution in [1.82, 2.24) is 14.9 Å². The number of piperazine rings is 1. The predicted molar refractivity (Wildman–Crippen MR) is 79.6 cm³/mol. The number of carbonyl (C=O) groups excluding carboxylic acids is 1. The van der Waals surface area contributed by atoms with Crippen LogP contribution in [0.25, 0.3) is 0 Å². The molecule has 1 aliphatic rings. The number of ether oxygens (including phenoxy) is 1. The minimum Gasteiger partial charge on any atom is -0.444 e. The van der Waals surface area contributed by atoms with Crippen LogP contribution in [0.4, 0.5) is 10.6 Å². The standard InChI is InChI=1S/C14H22N4O3/c1-10-9-15-12(19)11(16-10)17-5-7-18(8-6-17)13(20)21-14(2,3)4/h9H,5-8H2,1-4H3,(H,15,19). The van der Waals surface area contributed by atoms with Crippen LogP contribution in [0.1, 0.15) is 26.5 Å². The summed E-state index contributed by atoms with van der Waals surface area (Å²) in [5.74, 6) is 0.416. The molecule has 2 rings (SSSR count). The number of aryl methyl sites for hydroxylation is 1. The summed E-state index contributed by atoms with van der Waals surface area (Å²) in [4.78, 5) is 34.3. The third-order valence-electron chi connectivity index (χ3n) is 3.13. The number of nitrogens with zero attached hydrogens (tertiary/aromatic N) is 3. The molecule has 0 radical (unpaired) electrons. The van der Waals surface area contributed by atoms with E-state index in [0.29, 0.717) is 32.0 Å². The molecular weight excluding hydrogens is 272 g/mol. The molecule has 116 valence electrons. The number of carbonyl (C=O) groups is 1. The number of H-pyrrole nitrogens is 1. The fourth-order valence-electron chi connectivity index (χ4n) is 2.13. The van der Waals surface area contributed by atoms with Gasteiger partial charge in [-0.3, -0.25) is 4.79 Å². The Morgan fingerprint density at radius 2 is 1.90 bits per heavy atom. The number of aromatic nitrogens is 2. The topological polar surface area (TPSA) is 78.5 Å². The molecule has 21 heavy (non-hydrogen) atoms. The molecule has 0 saturated carbocycles. The summed E-state index contributed by atoms with van der Waals surface area (Å²) in [5, 5.41) is 0. The number of hydrogen-bond donors (Lipinski definition) is 1. The lowest BCUT2D eigenvalue weighted by atomic mass is 10.2. The average molecular weight is 294 g/mol. The molecule has 1 N–H and O–H groups in total. The van der Waals surface area contributed by atoms with Gasteiger partial charge in [-0.1, -0.05) is 0 Å². The largest absolute Gasteiger partial charge is 0.444 e. The van der Waals surface area contributed by atoms with Crippen LogP contribution in [-0.2, 0) is 4.74 Å². The van der Waals surface area contributed by atoms with Crippen LogP contribution in [0, 0.1) is 6.92 Å². The molecule has 1 aromatic rings. The van der Waals surface area contributed by atoms with Crippen molar-refractivity contribution in [1.29, 1.82) is 0 Å². The average Bonchev–Trinajstić information content (AvgIpc) is 2.40. The zero-order valence-electron chi connectivity index (χ0n) is 13.0. The fraction of sp³-hybridized carbons (Fsp3) is 0.643. The zero-order valence-corrected chi connectivity index (χ0v) is 13.0. The van der Waals surface area contributed by atoms with E-state index in [4.69, 9.17) is 4.74 Å². The SMILES string of the molecule is Cc1c[nH]c(=O)c(N2CCN(C(=O)OC(C)(C)C)CC2)n1. The maximum atomic E-state index is 12.0. The van der Waals surface area contributed by atoms with Gasteiger partial charge in [0.1, 0.15) is 5.60 Å². The smallest absolute Gasteiger partial charge is 0.410 e. The third kappa shape index (κ3) is 3.96. The van der Waals surface area contributed by atoms with E-state index in [-0.39, 0.29) is 11.7 Å². The Morgan fingerprint density at radius 1 is 1.29 bits per heavy atom. The van der Waals surface area contributed by atoms with Crippen LogP contribution in [0.3, 0.4) is 0 Å². The summed E-state index contributed by atoms with van der Waals surface area (Å²) < 4.78 is 5.35. The van der Waals surface area contributed by atoms with E-state index in [0.717, 1.165) is 5.69 Å². The molecule has 0 unspecified atom stereocenters. The van der Waals surface area contributed by atoms with Crippen molar-refractivity contribution in [3.63, 3.8) is 0 Å². The zero-order chi connectivity index (χ0) is 15.6. The number of rotatable bonds is 1. The lowest BCUT2D eigenvalue weighted by Crippen LogP contribution is -2.51. The van der Waals surface area contributed by atoms with Gasteiger partial charge in [-0.15, -0.1) is 0 Å². The number of amides is 1. The second kappa shape index (κ2) is 5.75. The minimum absolute atomic E-state index is 0.202. The van der Waals surface area contributed by atoms with Gasteiger partial charge < -0.3 is 19.5 Å². The summed E-state index contributed by atoms with van der Waals surface area (Å²) in [5.41, 5.74) is 0.0641. The lowest BCUT2D eigenvalue weighted by Gasteiger charge is -2.35. The highest BCUT2D eigenvalue weighted by Gasteiger charge is 2.27. The van der Waals surface area contributed by atoms with Gasteiger partial charge >= 0.3 is 6.09 Å². The van der Waals surface area contributed by atoms with Gasteiger partial charge in [-0.2, -0.15) is 0 Å². The Morgan fingerprint density at radius 3 is 2.48 bits per heavy atom. The molecule has 1 fully saturated rings. The first-order valence-electron chi connectivity index (χ1n) is 7.05. The molecule has 7 nitrogen and oxygen atoms in total. The number of hydrogen-bond acceptors (Lipinski definition) is 5. The second-order valence-corrected chi connectivity index (χ2v) is 6.15. The summed E-state index contributed by atoms with van der Waals surface area (Å²) >= 11 is 0. The van der Waals surface area contributed by atoms with Crippen LogP contribution < -0.4 is 10.5 Å². The maximum Gasteiger partial charge on any atom is 0.410 e. The Hall–Kier alpha value is -2.05. The van der Waals surface area contributed by atoms with Crippen molar-refractivity contribution in [2.24, 2.45) is 0 Å². The third-order valence-corrected chi connectivity index (χ3v) is 3.13. The Labute approximate surface area is 123 Å². The Balaban J connectivity index is 1.99. The van der Waals surface area contributed by atoms with Gasteiger partial charge in [-0.05, 0) is 27.7 Å². The predicted octanol–water partition coefficient (Wildman–Crippen LogP) is 1.14. The first-order chi connectivity index (χ1) is 9.76. The fourth-order valence-corrected chi connectivity index (χ4v) is 2.13. The molecule has 1 amide bonds. The highest BCUT2D eigenvalue weighted by atomic mass is 16.6. The maximum absolute atomic E-state index is 12.0. The van der Waals surface area contributed by atoms with E-state index in [2.05, 4.69) is 9.97 Å². The second-order valence-electron chi connectivity index (χ2n) is 6.15. The van der Waals surface area contributed by atoms with Crippen LogP contribution in [0.2, 0.25) is 0 Å². The van der Waals surface area contributed by atoms with Gasteiger partial charge in [0.15, 0.2) is 5.82 Å². The molecular formula is C14H22N4O3. The minimum atomic E-state index is -0.497. The summed E-state index contributed by atoms with van der Waals surface area (Å²) in [6, 6.07) is 0. The number of anilines is 1. The van der Waals surface area contributed by atoms with Crippen molar-refractivity contribution in [3.8, 4) is 0 Å². The molecule has 1 saturated heterocycles. The molecule has 0 aliphatic carbocycles. The Kier molecular flexibility index (Phi) is 4.20. The van der Waals surface area contributed by atoms with E-state index in [1.54, 1.807) is 11.1 Å². The number of nitrogens with one attached hydrogen (secondary N) is 1. The monoisotopic (exact) mass is 294 g/mol. The van der Waals surface area contributed by atoms with Crippen molar-refractivity contribution < 1.29 is 9.53 Å².